The van der Waals surface area contributed by atoms with Gasteiger partial charge in [0.25, 0.3) is 0 Å². The highest BCUT2D eigenvalue weighted by molar-refractivity contribution is 5.83. The summed E-state index contributed by atoms with van der Waals surface area (Å²) in [6.07, 6.45) is 0.796. The normalized spacial score (nSPS) is 10.3. The van der Waals surface area contributed by atoms with Crippen LogP contribution < -0.4 is 0 Å². The van der Waals surface area contributed by atoms with Gasteiger partial charge in [0.15, 0.2) is 0 Å². The Bertz CT molecular complexity index is 358. The van der Waals surface area contributed by atoms with E-state index < -0.39 is 0 Å². The molecule has 0 radical (unpaired) electrons. The summed E-state index contributed by atoms with van der Waals surface area (Å²) in [5, 5.41) is 0. The SMILES string of the molecule is CC(=O)CCC(C)=O.CC(C)(C)c1ccccc1. The predicted octanol–water partition coefficient (Wildman–Crippen LogP) is 3.93. The second kappa shape index (κ2) is 7.80. The van der Waals surface area contributed by atoms with Crippen LogP contribution >= 0.6 is 0 Å². The third-order valence-electron chi connectivity index (χ3n) is 2.47. The molecule has 0 aliphatic heterocycles. The van der Waals surface area contributed by atoms with E-state index in [1.165, 1.54) is 19.4 Å². The Morgan fingerprint density at radius 2 is 1.28 bits per heavy atom. The molecule has 0 amide bonds. The van der Waals surface area contributed by atoms with Gasteiger partial charge in [-0.2, -0.15) is 0 Å². The minimum absolute atomic E-state index is 0.0835. The molecule has 0 atom stereocenters. The Morgan fingerprint density at radius 1 is 0.889 bits per heavy atom. The zero-order valence-corrected chi connectivity index (χ0v) is 12.1. The number of hydrogen-bond acceptors (Lipinski definition) is 2. The highest BCUT2D eigenvalue weighted by Crippen LogP contribution is 2.20. The Morgan fingerprint density at radius 3 is 1.50 bits per heavy atom. The van der Waals surface area contributed by atoms with Crippen LogP contribution in [0.25, 0.3) is 0 Å². The van der Waals surface area contributed by atoms with E-state index in [4.69, 9.17) is 0 Å². The number of rotatable bonds is 3. The first-order valence-corrected chi connectivity index (χ1v) is 6.28. The van der Waals surface area contributed by atoms with Crippen molar-refractivity contribution in [2.24, 2.45) is 0 Å². The van der Waals surface area contributed by atoms with E-state index in [1.54, 1.807) is 0 Å². The second-order valence-electron chi connectivity index (χ2n) is 5.52. The van der Waals surface area contributed by atoms with Gasteiger partial charge in [-0.25, -0.2) is 0 Å². The second-order valence-corrected chi connectivity index (χ2v) is 5.52. The summed E-state index contributed by atoms with van der Waals surface area (Å²) < 4.78 is 0. The monoisotopic (exact) mass is 248 g/mol. The maximum Gasteiger partial charge on any atom is 0.130 e. The van der Waals surface area contributed by atoms with Gasteiger partial charge < -0.3 is 9.59 Å². The topological polar surface area (TPSA) is 34.1 Å². The zero-order valence-electron chi connectivity index (χ0n) is 12.1. The van der Waals surface area contributed by atoms with Crippen molar-refractivity contribution in [2.75, 3.05) is 0 Å². The van der Waals surface area contributed by atoms with E-state index in [9.17, 15) is 9.59 Å². The zero-order chi connectivity index (χ0) is 14.2. The van der Waals surface area contributed by atoms with E-state index in [0.29, 0.717) is 18.3 Å². The summed E-state index contributed by atoms with van der Waals surface area (Å²) in [7, 11) is 0. The average Bonchev–Trinajstić information content (AvgIpc) is 2.27. The summed E-state index contributed by atoms with van der Waals surface area (Å²) >= 11 is 0. The molecule has 1 rings (SSSR count). The molecule has 0 aromatic heterocycles. The minimum Gasteiger partial charge on any atom is -0.300 e. The van der Waals surface area contributed by atoms with Gasteiger partial charge in [0.1, 0.15) is 11.6 Å². The molecule has 18 heavy (non-hydrogen) atoms. The molecule has 2 nitrogen and oxygen atoms in total. The van der Waals surface area contributed by atoms with Crippen LogP contribution in [0.5, 0.6) is 0 Å². The Balaban J connectivity index is 0.000000331. The first kappa shape index (κ1) is 16.6. The van der Waals surface area contributed by atoms with E-state index in [-0.39, 0.29) is 11.6 Å². The number of carbonyl (C=O) groups is 2. The largest absolute Gasteiger partial charge is 0.300 e. The van der Waals surface area contributed by atoms with Gasteiger partial charge in [0.05, 0.1) is 0 Å². The average molecular weight is 248 g/mol. The van der Waals surface area contributed by atoms with Crippen molar-refractivity contribution in [3.05, 3.63) is 35.9 Å². The Hall–Kier alpha value is -1.44. The molecule has 0 aliphatic carbocycles. The first-order chi connectivity index (χ1) is 8.23. The summed E-state index contributed by atoms with van der Waals surface area (Å²) in [5.74, 6) is 0.167. The van der Waals surface area contributed by atoms with E-state index in [1.807, 2.05) is 0 Å². The van der Waals surface area contributed by atoms with Gasteiger partial charge >= 0.3 is 0 Å². The lowest BCUT2D eigenvalue weighted by Gasteiger charge is -2.18. The minimum atomic E-state index is 0.0835. The predicted molar refractivity (Wildman–Crippen MR) is 75.7 cm³/mol. The summed E-state index contributed by atoms with van der Waals surface area (Å²) in [5.41, 5.74) is 1.69. The maximum absolute atomic E-state index is 10.2. The number of hydrogen-bond donors (Lipinski definition) is 0. The van der Waals surface area contributed by atoms with Gasteiger partial charge in [-0.05, 0) is 24.8 Å². The van der Waals surface area contributed by atoms with E-state index in [2.05, 4.69) is 51.1 Å². The van der Waals surface area contributed by atoms with Crippen LogP contribution in [0.1, 0.15) is 53.0 Å². The van der Waals surface area contributed by atoms with E-state index in [0.717, 1.165) is 0 Å². The highest BCUT2D eigenvalue weighted by Gasteiger charge is 2.11. The van der Waals surface area contributed by atoms with Crippen molar-refractivity contribution in [3.63, 3.8) is 0 Å². The Labute approximate surface area is 110 Å². The lowest BCUT2D eigenvalue weighted by atomic mass is 9.87. The van der Waals surface area contributed by atoms with Gasteiger partial charge in [-0.15, -0.1) is 0 Å². The van der Waals surface area contributed by atoms with Crippen molar-refractivity contribution < 1.29 is 9.59 Å². The summed E-state index contributed by atoms with van der Waals surface area (Å²) in [6.45, 7) is 9.65. The molecule has 1 aromatic carbocycles. The van der Waals surface area contributed by atoms with Crippen molar-refractivity contribution in [2.45, 2.75) is 52.9 Å². The van der Waals surface area contributed by atoms with Crippen LogP contribution in [-0.2, 0) is 15.0 Å². The number of benzene rings is 1. The molecule has 0 aliphatic rings. The van der Waals surface area contributed by atoms with Gasteiger partial charge in [0.2, 0.25) is 0 Å². The van der Waals surface area contributed by atoms with Crippen LogP contribution in [0.2, 0.25) is 0 Å². The lowest BCUT2D eigenvalue weighted by molar-refractivity contribution is -0.122. The molecule has 0 fully saturated rings. The van der Waals surface area contributed by atoms with Crippen LogP contribution in [0.15, 0.2) is 30.3 Å². The fraction of sp³-hybridized carbons (Fsp3) is 0.500. The van der Waals surface area contributed by atoms with Crippen molar-refractivity contribution in [3.8, 4) is 0 Å². The molecule has 0 heterocycles. The first-order valence-electron chi connectivity index (χ1n) is 6.28. The number of carbonyl (C=O) groups excluding carboxylic acids is 2. The van der Waals surface area contributed by atoms with E-state index >= 15 is 0 Å². The summed E-state index contributed by atoms with van der Waals surface area (Å²) in [6, 6.07) is 10.6. The third-order valence-corrected chi connectivity index (χ3v) is 2.47. The van der Waals surface area contributed by atoms with Crippen molar-refractivity contribution in [1.82, 2.24) is 0 Å². The van der Waals surface area contributed by atoms with Crippen LogP contribution in [-0.4, -0.2) is 11.6 Å². The van der Waals surface area contributed by atoms with Gasteiger partial charge in [-0.1, -0.05) is 51.1 Å². The van der Waals surface area contributed by atoms with Gasteiger partial charge in [-0.3, -0.25) is 0 Å². The van der Waals surface area contributed by atoms with Crippen LogP contribution in [0.3, 0.4) is 0 Å². The van der Waals surface area contributed by atoms with Gasteiger partial charge in [0, 0.05) is 12.8 Å². The quantitative estimate of drug-likeness (QED) is 0.812. The lowest BCUT2D eigenvalue weighted by Crippen LogP contribution is -2.10. The highest BCUT2D eigenvalue weighted by atomic mass is 16.1. The van der Waals surface area contributed by atoms with Crippen molar-refractivity contribution in [1.29, 1.82) is 0 Å². The molecule has 100 valence electrons. The molecular formula is C16H24O2. The third kappa shape index (κ3) is 8.68. The fourth-order valence-electron chi connectivity index (χ4n) is 1.29. The molecule has 0 saturated carbocycles. The van der Waals surface area contributed by atoms with Crippen LogP contribution in [0, 0.1) is 0 Å². The molecule has 0 N–H and O–H groups in total. The molecule has 0 unspecified atom stereocenters. The Kier molecular flexibility index (Phi) is 7.18. The molecule has 0 saturated heterocycles. The fourth-order valence-corrected chi connectivity index (χ4v) is 1.29. The van der Waals surface area contributed by atoms with Crippen LogP contribution in [0.4, 0.5) is 0 Å². The van der Waals surface area contributed by atoms with Crippen molar-refractivity contribution >= 4 is 11.6 Å². The number of ketones is 2. The molecular weight excluding hydrogens is 224 g/mol. The molecule has 1 aromatic rings. The summed E-state index contributed by atoms with van der Waals surface area (Å²) in [4.78, 5) is 20.4. The molecule has 0 spiro atoms. The molecule has 2 heteroatoms. The number of Topliss-reactive ketones (excluding diaryl/α,β-unsaturated/α-hetero) is 2. The standard InChI is InChI=1S/C10H14.C6H10O2/c1-10(2,3)9-7-5-4-6-8-9;1-5(7)3-4-6(2)8/h4-8H,1-3H3;3-4H2,1-2H3. The molecule has 0 bridgehead atoms. The maximum atomic E-state index is 10.2. The smallest absolute Gasteiger partial charge is 0.130 e.